The molecule has 3 aromatic rings. The van der Waals surface area contributed by atoms with Crippen molar-refractivity contribution >= 4 is 22.8 Å². The SMILES string of the molecule is COc1cccc2c(=O)c(C(=O)Nc3n[nH]c(C(C)C)n3)c[nH]c12. The fourth-order valence-electron chi connectivity index (χ4n) is 2.32. The largest absolute Gasteiger partial charge is 0.495 e. The lowest BCUT2D eigenvalue weighted by molar-refractivity contribution is 0.102. The Bertz CT molecular complexity index is 958. The highest BCUT2D eigenvalue weighted by Gasteiger charge is 2.17. The highest BCUT2D eigenvalue weighted by molar-refractivity contribution is 6.05. The summed E-state index contributed by atoms with van der Waals surface area (Å²) >= 11 is 0. The van der Waals surface area contributed by atoms with Gasteiger partial charge in [0.2, 0.25) is 11.4 Å². The first-order valence-electron chi connectivity index (χ1n) is 7.43. The Labute approximate surface area is 137 Å². The molecule has 0 saturated heterocycles. The molecule has 0 fully saturated rings. The number of methoxy groups -OCH3 is 1. The van der Waals surface area contributed by atoms with Crippen LogP contribution in [0.15, 0.2) is 29.2 Å². The van der Waals surface area contributed by atoms with Gasteiger partial charge in [0.1, 0.15) is 17.1 Å². The topological polar surface area (TPSA) is 113 Å². The average Bonchev–Trinajstić information content (AvgIpc) is 3.03. The number of carbonyl (C=O) groups is 1. The summed E-state index contributed by atoms with van der Waals surface area (Å²) in [6.45, 7) is 3.90. The van der Waals surface area contributed by atoms with Gasteiger partial charge < -0.3 is 9.72 Å². The Hall–Kier alpha value is -3.16. The maximum absolute atomic E-state index is 12.6. The number of para-hydroxylation sites is 1. The number of carbonyl (C=O) groups excluding carboxylic acids is 1. The van der Waals surface area contributed by atoms with Crippen molar-refractivity contribution < 1.29 is 9.53 Å². The molecule has 0 bridgehead atoms. The summed E-state index contributed by atoms with van der Waals surface area (Å²) in [5, 5.41) is 9.56. The van der Waals surface area contributed by atoms with Crippen LogP contribution in [0.2, 0.25) is 0 Å². The van der Waals surface area contributed by atoms with Crippen molar-refractivity contribution in [1.29, 1.82) is 0 Å². The van der Waals surface area contributed by atoms with Crippen LogP contribution in [-0.2, 0) is 0 Å². The van der Waals surface area contributed by atoms with E-state index in [1.165, 1.54) is 13.3 Å². The minimum Gasteiger partial charge on any atom is -0.495 e. The van der Waals surface area contributed by atoms with Gasteiger partial charge in [-0.25, -0.2) is 0 Å². The molecule has 8 nitrogen and oxygen atoms in total. The lowest BCUT2D eigenvalue weighted by Gasteiger charge is -2.06. The monoisotopic (exact) mass is 327 g/mol. The summed E-state index contributed by atoms with van der Waals surface area (Å²) in [6, 6.07) is 5.07. The Morgan fingerprint density at radius 1 is 1.33 bits per heavy atom. The molecule has 1 aromatic carbocycles. The Morgan fingerprint density at radius 2 is 2.12 bits per heavy atom. The number of amides is 1. The molecular formula is C16H17N5O3. The Morgan fingerprint density at radius 3 is 2.79 bits per heavy atom. The van der Waals surface area contributed by atoms with E-state index in [0.717, 1.165) is 0 Å². The molecule has 8 heteroatoms. The molecule has 0 unspecified atom stereocenters. The predicted molar refractivity (Wildman–Crippen MR) is 89.5 cm³/mol. The van der Waals surface area contributed by atoms with Crippen LogP contribution < -0.4 is 15.5 Å². The number of pyridine rings is 1. The molecule has 3 rings (SSSR count). The summed E-state index contributed by atoms with van der Waals surface area (Å²) < 4.78 is 5.21. The number of nitrogens with zero attached hydrogens (tertiary/aromatic N) is 2. The van der Waals surface area contributed by atoms with Gasteiger partial charge in [-0.05, 0) is 12.1 Å². The number of rotatable bonds is 4. The van der Waals surface area contributed by atoms with Crippen LogP contribution in [0, 0.1) is 0 Å². The second-order valence-electron chi connectivity index (χ2n) is 5.57. The van der Waals surface area contributed by atoms with Crippen molar-refractivity contribution in [3.8, 4) is 5.75 Å². The van der Waals surface area contributed by atoms with Gasteiger partial charge in [0.15, 0.2) is 0 Å². The lowest BCUT2D eigenvalue weighted by atomic mass is 10.1. The van der Waals surface area contributed by atoms with Crippen LogP contribution in [0.4, 0.5) is 5.95 Å². The molecule has 0 atom stereocenters. The van der Waals surface area contributed by atoms with Crippen molar-refractivity contribution in [3.63, 3.8) is 0 Å². The minimum absolute atomic E-state index is 0.0216. The van der Waals surface area contributed by atoms with Crippen molar-refractivity contribution in [3.05, 3.63) is 46.0 Å². The van der Waals surface area contributed by atoms with E-state index in [9.17, 15) is 9.59 Å². The molecule has 3 N–H and O–H groups in total. The molecule has 24 heavy (non-hydrogen) atoms. The average molecular weight is 327 g/mol. The first-order chi connectivity index (χ1) is 11.5. The molecule has 124 valence electrons. The van der Waals surface area contributed by atoms with Crippen LogP contribution in [-0.4, -0.2) is 33.2 Å². The molecule has 2 aromatic heterocycles. The maximum atomic E-state index is 12.6. The fraction of sp³-hybridized carbons (Fsp3) is 0.250. The van der Waals surface area contributed by atoms with Crippen molar-refractivity contribution in [2.75, 3.05) is 12.4 Å². The normalized spacial score (nSPS) is 11.0. The summed E-state index contributed by atoms with van der Waals surface area (Å²) in [7, 11) is 1.52. The smallest absolute Gasteiger partial charge is 0.263 e. The zero-order chi connectivity index (χ0) is 17.3. The summed E-state index contributed by atoms with van der Waals surface area (Å²) in [5.41, 5.74) is 0.132. The Kier molecular flexibility index (Phi) is 4.03. The van der Waals surface area contributed by atoms with Crippen LogP contribution in [0.1, 0.15) is 35.9 Å². The fourth-order valence-corrected chi connectivity index (χ4v) is 2.32. The number of aromatic amines is 2. The van der Waals surface area contributed by atoms with Crippen molar-refractivity contribution in [2.24, 2.45) is 0 Å². The van der Waals surface area contributed by atoms with Crippen LogP contribution >= 0.6 is 0 Å². The number of fused-ring (bicyclic) bond motifs is 1. The standard InChI is InChI=1S/C16H17N5O3/c1-8(2)14-18-16(21-20-14)19-15(23)10-7-17-12-9(13(10)22)5-4-6-11(12)24-3/h4-8H,1-3H3,(H,17,22)(H2,18,19,20,21,23). The number of aromatic nitrogens is 4. The minimum atomic E-state index is -0.574. The van der Waals surface area contributed by atoms with Gasteiger partial charge in [-0.3, -0.25) is 20.0 Å². The number of hydrogen-bond acceptors (Lipinski definition) is 5. The van der Waals surface area contributed by atoms with Gasteiger partial charge in [0.25, 0.3) is 5.91 Å². The first-order valence-corrected chi connectivity index (χ1v) is 7.43. The van der Waals surface area contributed by atoms with Crippen molar-refractivity contribution in [2.45, 2.75) is 19.8 Å². The molecule has 0 spiro atoms. The molecule has 0 saturated carbocycles. The maximum Gasteiger partial charge on any atom is 0.263 e. The third kappa shape index (κ3) is 2.73. The third-order valence-corrected chi connectivity index (χ3v) is 3.62. The number of H-pyrrole nitrogens is 2. The first kappa shape index (κ1) is 15.7. The second-order valence-corrected chi connectivity index (χ2v) is 5.57. The second kappa shape index (κ2) is 6.15. The molecule has 0 radical (unpaired) electrons. The van der Waals surface area contributed by atoms with Crippen LogP contribution in [0.25, 0.3) is 10.9 Å². The quantitative estimate of drug-likeness (QED) is 0.678. The van der Waals surface area contributed by atoms with Crippen LogP contribution in [0.5, 0.6) is 5.75 Å². The molecular weight excluding hydrogens is 310 g/mol. The van der Waals surface area contributed by atoms with Gasteiger partial charge >= 0.3 is 0 Å². The highest BCUT2D eigenvalue weighted by Crippen LogP contribution is 2.21. The van der Waals surface area contributed by atoms with E-state index in [0.29, 0.717) is 22.5 Å². The molecule has 0 aliphatic rings. The van der Waals surface area contributed by atoms with E-state index in [4.69, 9.17) is 4.74 Å². The molecule has 0 aliphatic heterocycles. The number of benzene rings is 1. The van der Waals surface area contributed by atoms with Gasteiger partial charge in [-0.2, -0.15) is 4.98 Å². The number of nitrogens with one attached hydrogen (secondary N) is 3. The van der Waals surface area contributed by atoms with E-state index in [1.54, 1.807) is 18.2 Å². The molecule has 2 heterocycles. The van der Waals surface area contributed by atoms with E-state index in [1.807, 2.05) is 13.8 Å². The zero-order valence-electron chi connectivity index (χ0n) is 13.5. The molecule has 1 amide bonds. The third-order valence-electron chi connectivity index (χ3n) is 3.62. The Balaban J connectivity index is 1.95. The van der Waals surface area contributed by atoms with E-state index in [-0.39, 0.29) is 22.9 Å². The van der Waals surface area contributed by atoms with Crippen molar-refractivity contribution in [1.82, 2.24) is 20.2 Å². The van der Waals surface area contributed by atoms with Gasteiger partial charge in [0, 0.05) is 12.1 Å². The number of hydrogen-bond donors (Lipinski definition) is 3. The number of anilines is 1. The van der Waals surface area contributed by atoms with E-state index >= 15 is 0 Å². The zero-order valence-corrected chi connectivity index (χ0v) is 13.5. The summed E-state index contributed by atoms with van der Waals surface area (Å²) in [4.78, 5) is 32.0. The predicted octanol–water partition coefficient (Wildman–Crippen LogP) is 2.03. The van der Waals surface area contributed by atoms with E-state index < -0.39 is 5.91 Å². The van der Waals surface area contributed by atoms with Gasteiger partial charge in [-0.1, -0.05) is 19.9 Å². The summed E-state index contributed by atoms with van der Waals surface area (Å²) in [5.74, 6) is 0.901. The molecule has 0 aliphatic carbocycles. The van der Waals surface area contributed by atoms with E-state index in [2.05, 4.69) is 25.5 Å². The number of ether oxygens (including phenoxy) is 1. The van der Waals surface area contributed by atoms with Crippen LogP contribution in [0.3, 0.4) is 0 Å². The summed E-state index contributed by atoms with van der Waals surface area (Å²) in [6.07, 6.45) is 1.36. The highest BCUT2D eigenvalue weighted by atomic mass is 16.5. The lowest BCUT2D eigenvalue weighted by Crippen LogP contribution is -2.22. The van der Waals surface area contributed by atoms with Gasteiger partial charge in [-0.15, -0.1) is 5.10 Å². The van der Waals surface area contributed by atoms with Gasteiger partial charge in [0.05, 0.1) is 18.0 Å².